The fourth-order valence-electron chi connectivity index (χ4n) is 2.47. The third-order valence-electron chi connectivity index (χ3n) is 3.71. The summed E-state index contributed by atoms with van der Waals surface area (Å²) in [6, 6.07) is 11.2. The van der Waals surface area contributed by atoms with Crippen LogP contribution in [-0.2, 0) is 16.0 Å². The van der Waals surface area contributed by atoms with E-state index in [9.17, 15) is 9.59 Å². The minimum Gasteiger partial charge on any atom is -0.497 e. The van der Waals surface area contributed by atoms with Gasteiger partial charge >= 0.3 is 11.8 Å². The summed E-state index contributed by atoms with van der Waals surface area (Å²) in [4.78, 5) is 24.0. The maximum atomic E-state index is 12.0. The zero-order chi connectivity index (χ0) is 18.4. The predicted molar refractivity (Wildman–Crippen MR) is 99.3 cm³/mol. The molecule has 2 rings (SSSR count). The van der Waals surface area contributed by atoms with Crippen LogP contribution in [0.4, 0.5) is 5.69 Å². The third-order valence-corrected chi connectivity index (χ3v) is 4.01. The summed E-state index contributed by atoms with van der Waals surface area (Å²) in [6.07, 6.45) is 0.598. The fraction of sp³-hybridized carbons (Fsp3) is 0.263. The van der Waals surface area contributed by atoms with Gasteiger partial charge in [-0.1, -0.05) is 29.8 Å². The molecule has 0 atom stereocenters. The minimum atomic E-state index is -0.737. The van der Waals surface area contributed by atoms with Gasteiger partial charge < -0.3 is 15.4 Å². The van der Waals surface area contributed by atoms with Crippen LogP contribution in [0.2, 0.25) is 5.02 Å². The molecule has 0 radical (unpaired) electrons. The molecular formula is C19H21ClN2O3. The summed E-state index contributed by atoms with van der Waals surface area (Å²) >= 11 is 6.14. The van der Waals surface area contributed by atoms with Gasteiger partial charge in [0.1, 0.15) is 5.75 Å². The normalized spacial score (nSPS) is 10.2. The zero-order valence-corrected chi connectivity index (χ0v) is 15.2. The lowest BCUT2D eigenvalue weighted by Gasteiger charge is -2.11. The Kier molecular flexibility index (Phi) is 6.42. The second kappa shape index (κ2) is 8.53. The summed E-state index contributed by atoms with van der Waals surface area (Å²) in [5.41, 5.74) is 3.27. The van der Waals surface area contributed by atoms with E-state index in [1.807, 2.05) is 44.2 Å². The Labute approximate surface area is 152 Å². The number of hydrogen-bond donors (Lipinski definition) is 2. The Hall–Kier alpha value is -2.53. The Balaban J connectivity index is 1.89. The molecule has 25 heavy (non-hydrogen) atoms. The van der Waals surface area contributed by atoms with Crippen LogP contribution in [0, 0.1) is 13.8 Å². The monoisotopic (exact) mass is 360 g/mol. The summed E-state index contributed by atoms with van der Waals surface area (Å²) in [5, 5.41) is 5.59. The number of halogens is 1. The van der Waals surface area contributed by atoms with Gasteiger partial charge in [0.2, 0.25) is 0 Å². The van der Waals surface area contributed by atoms with Gasteiger partial charge in [-0.15, -0.1) is 0 Å². The average Bonchev–Trinajstić information content (AvgIpc) is 2.58. The number of rotatable bonds is 5. The van der Waals surface area contributed by atoms with Crippen molar-refractivity contribution in [2.75, 3.05) is 19.0 Å². The number of ether oxygens (including phenoxy) is 1. The summed E-state index contributed by atoms with van der Waals surface area (Å²) in [7, 11) is 1.60. The van der Waals surface area contributed by atoms with Crippen molar-refractivity contribution >= 4 is 29.1 Å². The number of aryl methyl sites for hydroxylation is 2. The van der Waals surface area contributed by atoms with Crippen molar-refractivity contribution in [3.05, 3.63) is 58.1 Å². The Bertz CT molecular complexity index is 767. The lowest BCUT2D eigenvalue weighted by atomic mass is 10.1. The number of carbonyl (C=O) groups excluding carboxylic acids is 2. The molecule has 2 N–H and O–H groups in total. The van der Waals surface area contributed by atoms with E-state index in [0.717, 1.165) is 22.4 Å². The molecule has 6 heteroatoms. The van der Waals surface area contributed by atoms with Crippen LogP contribution in [0.15, 0.2) is 36.4 Å². The molecule has 0 heterocycles. The van der Waals surface area contributed by atoms with E-state index >= 15 is 0 Å². The zero-order valence-electron chi connectivity index (χ0n) is 14.5. The number of hydrogen-bond acceptors (Lipinski definition) is 3. The Morgan fingerprint density at radius 3 is 2.56 bits per heavy atom. The molecule has 0 aliphatic rings. The molecule has 0 aromatic heterocycles. The first-order valence-electron chi connectivity index (χ1n) is 7.89. The minimum absolute atomic E-state index is 0.347. The van der Waals surface area contributed by atoms with E-state index in [-0.39, 0.29) is 0 Å². The van der Waals surface area contributed by atoms with Gasteiger partial charge in [-0.2, -0.15) is 0 Å². The van der Waals surface area contributed by atoms with Gasteiger partial charge in [-0.3, -0.25) is 9.59 Å². The quantitative estimate of drug-likeness (QED) is 0.804. The first kappa shape index (κ1) is 18.8. The van der Waals surface area contributed by atoms with E-state index in [1.54, 1.807) is 13.2 Å². The number of nitrogens with one attached hydrogen (secondary N) is 2. The van der Waals surface area contributed by atoms with Crippen molar-refractivity contribution in [2.24, 2.45) is 0 Å². The van der Waals surface area contributed by atoms with Gasteiger partial charge in [0.25, 0.3) is 0 Å². The molecular weight excluding hydrogens is 340 g/mol. The number of methoxy groups -OCH3 is 1. The highest BCUT2D eigenvalue weighted by Crippen LogP contribution is 2.27. The number of carbonyl (C=O) groups is 2. The molecule has 0 bridgehead atoms. The van der Waals surface area contributed by atoms with Gasteiger partial charge in [-0.05, 0) is 55.2 Å². The number of benzene rings is 2. The number of amides is 2. The molecule has 0 saturated heterocycles. The van der Waals surface area contributed by atoms with Crippen LogP contribution in [0.25, 0.3) is 0 Å². The molecule has 2 amide bonds. The lowest BCUT2D eigenvalue weighted by Crippen LogP contribution is -2.36. The van der Waals surface area contributed by atoms with Gasteiger partial charge in [0.05, 0.1) is 17.8 Å². The van der Waals surface area contributed by atoms with Crippen LogP contribution < -0.4 is 15.4 Å². The largest absolute Gasteiger partial charge is 0.497 e. The molecule has 132 valence electrons. The smallest absolute Gasteiger partial charge is 0.313 e. The second-order valence-corrected chi connectivity index (χ2v) is 6.16. The molecule has 2 aromatic carbocycles. The fourth-order valence-corrected chi connectivity index (χ4v) is 2.84. The molecule has 2 aromatic rings. The molecule has 0 saturated carbocycles. The topological polar surface area (TPSA) is 67.4 Å². The van der Waals surface area contributed by atoms with Gasteiger partial charge in [0, 0.05) is 6.54 Å². The molecule has 0 aliphatic carbocycles. The Morgan fingerprint density at radius 1 is 1.12 bits per heavy atom. The van der Waals surface area contributed by atoms with Crippen LogP contribution in [0.1, 0.15) is 16.7 Å². The van der Waals surface area contributed by atoms with E-state index < -0.39 is 11.8 Å². The molecule has 0 spiro atoms. The molecule has 0 aliphatic heterocycles. The maximum absolute atomic E-state index is 12.0. The SMILES string of the molecule is COc1cccc(CCNC(=O)C(=O)Nc2c(C)cc(C)cc2Cl)c1. The van der Waals surface area contributed by atoms with Crippen molar-refractivity contribution in [1.82, 2.24) is 5.32 Å². The highest BCUT2D eigenvalue weighted by molar-refractivity contribution is 6.41. The molecule has 5 nitrogen and oxygen atoms in total. The van der Waals surface area contributed by atoms with Crippen molar-refractivity contribution < 1.29 is 14.3 Å². The maximum Gasteiger partial charge on any atom is 0.313 e. The molecule has 0 unspecified atom stereocenters. The van der Waals surface area contributed by atoms with Crippen molar-refractivity contribution in [2.45, 2.75) is 20.3 Å². The average molecular weight is 361 g/mol. The summed E-state index contributed by atoms with van der Waals surface area (Å²) < 4.78 is 5.15. The highest BCUT2D eigenvalue weighted by atomic mass is 35.5. The van der Waals surface area contributed by atoms with Crippen molar-refractivity contribution in [1.29, 1.82) is 0 Å². The predicted octanol–water partition coefficient (Wildman–Crippen LogP) is 3.26. The first-order valence-corrected chi connectivity index (χ1v) is 8.27. The molecule has 0 fully saturated rings. The van der Waals surface area contributed by atoms with Crippen LogP contribution >= 0.6 is 11.6 Å². The van der Waals surface area contributed by atoms with E-state index in [0.29, 0.717) is 23.7 Å². The van der Waals surface area contributed by atoms with Gasteiger partial charge in [-0.25, -0.2) is 0 Å². The lowest BCUT2D eigenvalue weighted by molar-refractivity contribution is -0.136. The van der Waals surface area contributed by atoms with Gasteiger partial charge in [0.15, 0.2) is 0 Å². The van der Waals surface area contributed by atoms with Crippen LogP contribution in [0.3, 0.4) is 0 Å². The summed E-state index contributed by atoms with van der Waals surface area (Å²) in [5.74, 6) is -0.676. The summed E-state index contributed by atoms with van der Waals surface area (Å²) in [6.45, 7) is 4.09. The van der Waals surface area contributed by atoms with Crippen molar-refractivity contribution in [3.8, 4) is 5.75 Å². The second-order valence-electron chi connectivity index (χ2n) is 5.75. The van der Waals surface area contributed by atoms with E-state index in [2.05, 4.69) is 10.6 Å². The first-order chi connectivity index (χ1) is 11.9. The van der Waals surface area contributed by atoms with E-state index in [4.69, 9.17) is 16.3 Å². The van der Waals surface area contributed by atoms with Crippen LogP contribution in [-0.4, -0.2) is 25.5 Å². The van der Waals surface area contributed by atoms with Crippen LogP contribution in [0.5, 0.6) is 5.75 Å². The Morgan fingerprint density at radius 2 is 1.88 bits per heavy atom. The number of anilines is 1. The standard InChI is InChI=1S/C19H21ClN2O3/c1-12-9-13(2)17(16(20)10-12)22-19(24)18(23)21-8-7-14-5-4-6-15(11-14)25-3/h4-6,9-11H,7-8H2,1-3H3,(H,21,23)(H,22,24). The highest BCUT2D eigenvalue weighted by Gasteiger charge is 2.16. The van der Waals surface area contributed by atoms with Crippen molar-refractivity contribution in [3.63, 3.8) is 0 Å². The van der Waals surface area contributed by atoms with E-state index in [1.165, 1.54) is 0 Å². The third kappa shape index (κ3) is 5.22.